The highest BCUT2D eigenvalue weighted by Crippen LogP contribution is 2.46. The van der Waals surface area contributed by atoms with E-state index in [2.05, 4.69) is 89.3 Å². The van der Waals surface area contributed by atoms with Crippen LogP contribution >= 0.6 is 0 Å². The Labute approximate surface area is 165 Å². The summed E-state index contributed by atoms with van der Waals surface area (Å²) in [6, 6.07) is 29.7. The second-order valence-corrected chi connectivity index (χ2v) is 7.50. The highest BCUT2D eigenvalue weighted by Gasteiger charge is 2.44. The molecule has 5 rings (SSSR count). The molecule has 0 aliphatic carbocycles. The van der Waals surface area contributed by atoms with E-state index in [0.29, 0.717) is 0 Å². The maximum absolute atomic E-state index is 4.95. The molecule has 3 aromatic carbocycles. The average Bonchev–Trinajstić information content (AvgIpc) is 3.18. The standard InChI is InChI=1S/C25H23N3/c1-19-16-17-28(24-26-22-14-8-9-15-23(22)27-24)25(18-19,20-10-4-2-5-11-20)21-12-6-3-7-13-21/h2-15H,1,16-18H2,(H,26,27). The zero-order valence-electron chi connectivity index (χ0n) is 15.8. The molecule has 0 atom stereocenters. The van der Waals surface area contributed by atoms with Gasteiger partial charge in [-0.3, -0.25) is 0 Å². The number of anilines is 1. The SMILES string of the molecule is C=C1CCN(c2nc3ccccc3[nH]2)C(c2ccccc2)(c2ccccc2)C1. The fraction of sp³-hybridized carbons (Fsp3) is 0.160. The van der Waals surface area contributed by atoms with Gasteiger partial charge in [0, 0.05) is 6.54 Å². The van der Waals surface area contributed by atoms with Crippen LogP contribution < -0.4 is 4.90 Å². The molecule has 1 aliphatic rings. The lowest BCUT2D eigenvalue weighted by Gasteiger charge is -2.49. The van der Waals surface area contributed by atoms with E-state index in [-0.39, 0.29) is 5.54 Å². The Bertz CT molecular complexity index is 1040. The smallest absolute Gasteiger partial charge is 0.204 e. The van der Waals surface area contributed by atoms with Crippen LogP contribution in [-0.4, -0.2) is 16.5 Å². The van der Waals surface area contributed by atoms with E-state index in [1.807, 2.05) is 12.1 Å². The maximum Gasteiger partial charge on any atom is 0.204 e. The molecule has 28 heavy (non-hydrogen) atoms. The molecule has 1 saturated heterocycles. The minimum atomic E-state index is -0.328. The molecule has 0 saturated carbocycles. The molecule has 0 unspecified atom stereocenters. The molecule has 1 fully saturated rings. The molecule has 0 bridgehead atoms. The average molecular weight is 365 g/mol. The minimum absolute atomic E-state index is 0.328. The van der Waals surface area contributed by atoms with Crippen LogP contribution in [0.25, 0.3) is 11.0 Å². The largest absolute Gasteiger partial charge is 0.328 e. The summed E-state index contributed by atoms with van der Waals surface area (Å²) in [6.45, 7) is 5.25. The van der Waals surface area contributed by atoms with E-state index >= 15 is 0 Å². The fourth-order valence-corrected chi connectivity index (χ4v) is 4.47. The molecule has 0 radical (unpaired) electrons. The molecule has 2 heterocycles. The predicted octanol–water partition coefficient (Wildman–Crippen LogP) is 5.66. The molecule has 0 spiro atoms. The first-order valence-electron chi connectivity index (χ1n) is 9.77. The molecule has 138 valence electrons. The van der Waals surface area contributed by atoms with Gasteiger partial charge in [-0.1, -0.05) is 84.9 Å². The van der Waals surface area contributed by atoms with Gasteiger partial charge in [0.2, 0.25) is 5.95 Å². The summed E-state index contributed by atoms with van der Waals surface area (Å²) < 4.78 is 0. The zero-order chi connectivity index (χ0) is 19.0. The van der Waals surface area contributed by atoms with Crippen LogP contribution in [-0.2, 0) is 5.54 Å². The topological polar surface area (TPSA) is 31.9 Å². The molecule has 1 aromatic heterocycles. The minimum Gasteiger partial charge on any atom is -0.328 e. The number of para-hydroxylation sites is 2. The van der Waals surface area contributed by atoms with E-state index in [4.69, 9.17) is 4.98 Å². The van der Waals surface area contributed by atoms with Crippen LogP contribution in [0.5, 0.6) is 0 Å². The number of H-pyrrole nitrogens is 1. The molecular formula is C25H23N3. The Morgan fingerprint density at radius 3 is 2.07 bits per heavy atom. The second-order valence-electron chi connectivity index (χ2n) is 7.50. The summed E-state index contributed by atoms with van der Waals surface area (Å²) in [7, 11) is 0. The molecule has 4 aromatic rings. The third-order valence-corrected chi connectivity index (χ3v) is 5.79. The first kappa shape index (κ1) is 16.8. The number of imidazole rings is 1. The first-order valence-corrected chi connectivity index (χ1v) is 9.77. The van der Waals surface area contributed by atoms with Crippen molar-refractivity contribution in [1.82, 2.24) is 9.97 Å². The van der Waals surface area contributed by atoms with E-state index in [0.717, 1.165) is 36.4 Å². The van der Waals surface area contributed by atoms with Gasteiger partial charge in [0.25, 0.3) is 0 Å². The molecule has 0 amide bonds. The van der Waals surface area contributed by atoms with Gasteiger partial charge < -0.3 is 9.88 Å². The van der Waals surface area contributed by atoms with Crippen molar-refractivity contribution < 1.29 is 0 Å². The van der Waals surface area contributed by atoms with Gasteiger partial charge in [-0.25, -0.2) is 4.98 Å². The number of piperidine rings is 1. The van der Waals surface area contributed by atoms with Crippen molar-refractivity contribution in [2.75, 3.05) is 11.4 Å². The lowest BCUT2D eigenvalue weighted by Crippen LogP contribution is -2.51. The maximum atomic E-state index is 4.95. The Morgan fingerprint density at radius 2 is 1.43 bits per heavy atom. The van der Waals surface area contributed by atoms with Crippen LogP contribution in [0.15, 0.2) is 97.1 Å². The normalized spacial score (nSPS) is 16.4. The lowest BCUT2D eigenvalue weighted by atomic mass is 9.74. The van der Waals surface area contributed by atoms with E-state index < -0.39 is 0 Å². The number of hydrogen-bond acceptors (Lipinski definition) is 2. The van der Waals surface area contributed by atoms with Crippen molar-refractivity contribution >= 4 is 17.0 Å². The monoisotopic (exact) mass is 365 g/mol. The second kappa shape index (κ2) is 6.68. The number of fused-ring (bicyclic) bond motifs is 1. The molecule has 1 aliphatic heterocycles. The number of aromatic amines is 1. The van der Waals surface area contributed by atoms with Gasteiger partial charge in [-0.05, 0) is 36.1 Å². The van der Waals surface area contributed by atoms with Crippen LogP contribution in [0, 0.1) is 0 Å². The van der Waals surface area contributed by atoms with Crippen LogP contribution in [0.2, 0.25) is 0 Å². The third-order valence-electron chi connectivity index (χ3n) is 5.79. The van der Waals surface area contributed by atoms with Crippen molar-refractivity contribution in [3.8, 4) is 0 Å². The van der Waals surface area contributed by atoms with Gasteiger partial charge >= 0.3 is 0 Å². The summed E-state index contributed by atoms with van der Waals surface area (Å²) in [5, 5.41) is 0. The van der Waals surface area contributed by atoms with Crippen molar-refractivity contribution in [3.05, 3.63) is 108 Å². The summed E-state index contributed by atoms with van der Waals surface area (Å²) in [5.74, 6) is 0.918. The number of benzene rings is 3. The van der Waals surface area contributed by atoms with Gasteiger partial charge in [0.15, 0.2) is 0 Å². The van der Waals surface area contributed by atoms with Crippen LogP contribution in [0.4, 0.5) is 5.95 Å². The lowest BCUT2D eigenvalue weighted by molar-refractivity contribution is 0.423. The number of aromatic nitrogens is 2. The Morgan fingerprint density at radius 1 is 0.821 bits per heavy atom. The molecule has 3 nitrogen and oxygen atoms in total. The number of nitrogens with zero attached hydrogens (tertiary/aromatic N) is 2. The summed E-state index contributed by atoms with van der Waals surface area (Å²) >= 11 is 0. The summed E-state index contributed by atoms with van der Waals surface area (Å²) in [6.07, 6.45) is 1.84. The first-order chi connectivity index (χ1) is 13.8. The van der Waals surface area contributed by atoms with E-state index in [9.17, 15) is 0 Å². The summed E-state index contributed by atoms with van der Waals surface area (Å²) in [5.41, 5.74) is 5.55. The van der Waals surface area contributed by atoms with E-state index in [1.165, 1.54) is 16.7 Å². The van der Waals surface area contributed by atoms with Gasteiger partial charge in [0.1, 0.15) is 0 Å². The Balaban J connectivity index is 1.76. The Hall–Kier alpha value is -3.33. The number of nitrogens with one attached hydrogen (secondary N) is 1. The molecule has 3 heteroatoms. The quantitative estimate of drug-likeness (QED) is 0.475. The van der Waals surface area contributed by atoms with E-state index in [1.54, 1.807) is 0 Å². The van der Waals surface area contributed by atoms with Crippen LogP contribution in [0.1, 0.15) is 24.0 Å². The van der Waals surface area contributed by atoms with Crippen LogP contribution in [0.3, 0.4) is 0 Å². The summed E-state index contributed by atoms with van der Waals surface area (Å²) in [4.78, 5) is 10.9. The predicted molar refractivity (Wildman–Crippen MR) is 115 cm³/mol. The van der Waals surface area contributed by atoms with Crippen molar-refractivity contribution in [2.24, 2.45) is 0 Å². The Kier molecular flexibility index (Phi) is 4.01. The fourth-order valence-electron chi connectivity index (χ4n) is 4.47. The highest BCUT2D eigenvalue weighted by molar-refractivity contribution is 5.78. The molecule has 1 N–H and O–H groups in total. The number of rotatable bonds is 3. The van der Waals surface area contributed by atoms with Crippen molar-refractivity contribution in [3.63, 3.8) is 0 Å². The molecular weight excluding hydrogens is 342 g/mol. The third kappa shape index (κ3) is 2.63. The van der Waals surface area contributed by atoms with Crippen molar-refractivity contribution in [1.29, 1.82) is 0 Å². The number of hydrogen-bond donors (Lipinski definition) is 1. The highest BCUT2D eigenvalue weighted by atomic mass is 15.3. The van der Waals surface area contributed by atoms with Gasteiger partial charge in [0.05, 0.1) is 16.6 Å². The zero-order valence-corrected chi connectivity index (χ0v) is 15.8. The van der Waals surface area contributed by atoms with Gasteiger partial charge in [-0.15, -0.1) is 0 Å². The van der Waals surface area contributed by atoms with Gasteiger partial charge in [-0.2, -0.15) is 0 Å². The van der Waals surface area contributed by atoms with Crippen molar-refractivity contribution in [2.45, 2.75) is 18.4 Å².